The monoisotopic (exact) mass is 988 g/mol. The van der Waals surface area contributed by atoms with Crippen molar-refractivity contribution >= 4 is 119 Å². The van der Waals surface area contributed by atoms with Crippen molar-refractivity contribution < 1.29 is 36.6 Å². The highest BCUT2D eigenvalue weighted by molar-refractivity contribution is 7.40. The van der Waals surface area contributed by atoms with Crippen molar-refractivity contribution in [3.8, 4) is 0 Å². The molecule has 3 aromatic heterocycles. The molecule has 0 saturated heterocycles. The van der Waals surface area contributed by atoms with Crippen molar-refractivity contribution in [1.29, 1.82) is 0 Å². The molecule has 0 spiro atoms. The maximum absolute atomic E-state index is 15.2. The molecule has 0 saturated carbocycles. The van der Waals surface area contributed by atoms with E-state index in [0.717, 1.165) is 35.6 Å². The van der Waals surface area contributed by atoms with E-state index >= 15 is 9.59 Å². The third kappa shape index (κ3) is 6.56. The summed E-state index contributed by atoms with van der Waals surface area (Å²) in [5.74, 6) is -6.75. The third-order valence-corrected chi connectivity index (χ3v) is 16.1. The van der Waals surface area contributed by atoms with Crippen LogP contribution in [0.4, 0.5) is 22.6 Å². The highest BCUT2D eigenvalue weighted by Gasteiger charge is 2.60. The fraction of sp³-hybridized carbons (Fsp3) is 0.0566. The van der Waals surface area contributed by atoms with E-state index in [9.17, 15) is 36.7 Å². The maximum atomic E-state index is 15.2. The molecule has 340 valence electrons. The van der Waals surface area contributed by atoms with Crippen molar-refractivity contribution in [1.82, 2.24) is 0 Å². The average molecular weight is 989 g/mol. The van der Waals surface area contributed by atoms with Gasteiger partial charge < -0.3 is 9.47 Å². The quantitative estimate of drug-likeness (QED) is 0.0832. The van der Waals surface area contributed by atoms with Gasteiger partial charge in [0, 0.05) is 36.7 Å². The summed E-state index contributed by atoms with van der Waals surface area (Å²) in [6.45, 7) is -0.589. The van der Waals surface area contributed by atoms with Crippen LogP contribution < -0.4 is 32.4 Å². The molecule has 1 aliphatic rings. The number of ether oxygens (including phenoxy) is 2. The Morgan fingerprint density at radius 1 is 0.500 bits per heavy atom. The molecule has 11 aromatic rings. The molecule has 0 radical (unpaired) electrons. The maximum Gasteiger partial charge on any atom is 0.334 e. The first-order valence-electron chi connectivity index (χ1n) is 21.1. The van der Waals surface area contributed by atoms with Crippen molar-refractivity contribution in [2.75, 3.05) is 0 Å². The summed E-state index contributed by atoms with van der Waals surface area (Å²) in [5.41, 5.74) is -4.70. The van der Waals surface area contributed by atoms with Crippen LogP contribution in [-0.2, 0) is 37.7 Å². The second-order valence-corrected chi connectivity index (χ2v) is 19.7. The van der Waals surface area contributed by atoms with Crippen LogP contribution in [0.2, 0.25) is 0 Å². The van der Waals surface area contributed by atoms with E-state index in [1.165, 1.54) is 53.0 Å². The third-order valence-electron chi connectivity index (χ3n) is 12.4. The smallest absolute Gasteiger partial charge is 0.334 e. The summed E-state index contributed by atoms with van der Waals surface area (Å²) in [5, 5.41) is -0.269. The normalized spacial score (nSPS) is 13.2. The van der Waals surface area contributed by atoms with Gasteiger partial charge in [-0.3, -0.25) is 28.8 Å². The van der Waals surface area contributed by atoms with Gasteiger partial charge in [0.15, 0.2) is 34.0 Å². The van der Waals surface area contributed by atoms with Crippen LogP contribution in [0.5, 0.6) is 0 Å². The molecule has 17 heteroatoms. The Labute approximate surface area is 399 Å². The van der Waals surface area contributed by atoms with Gasteiger partial charge in [0.05, 0.1) is 19.8 Å². The highest BCUT2D eigenvalue weighted by Crippen LogP contribution is 2.57. The van der Waals surface area contributed by atoms with Crippen LogP contribution in [0.25, 0.3) is 68.0 Å². The lowest BCUT2D eigenvalue weighted by Gasteiger charge is -2.27. The number of halogens is 4. The predicted octanol–water partition coefficient (Wildman–Crippen LogP) is 9.45. The summed E-state index contributed by atoms with van der Waals surface area (Å²) in [4.78, 5) is 95.3. The SMILES string of the molecule is O=C(OCc1ccccc1)C1(C(=O)OCc2ccccc2)C(N=c2c(=O)c3cc4cc(F)c(F)cc4cc3c2=O)=Cc2sc3c(sc4cc(N=c5c(=O)c6cc7cc(F)c(F)cc7cc6c5=O)sc43)c21. The van der Waals surface area contributed by atoms with Crippen LogP contribution in [0.15, 0.2) is 150 Å². The molecule has 0 atom stereocenters. The Morgan fingerprint density at radius 3 is 1.37 bits per heavy atom. The number of hydrogen-bond donors (Lipinski definition) is 0. The summed E-state index contributed by atoms with van der Waals surface area (Å²) in [6, 6.07) is 27.9. The minimum atomic E-state index is -2.53. The Bertz CT molecular complexity index is 4300. The number of thiophene rings is 3. The van der Waals surface area contributed by atoms with Crippen LogP contribution in [0.3, 0.4) is 0 Å². The second-order valence-electron chi connectivity index (χ2n) is 16.5. The molecule has 3 heterocycles. The lowest BCUT2D eigenvalue weighted by molar-refractivity contribution is -0.164. The molecule has 0 N–H and O–H groups in total. The number of esters is 2. The summed E-state index contributed by atoms with van der Waals surface area (Å²) in [6.07, 6.45) is 1.42. The van der Waals surface area contributed by atoms with Crippen molar-refractivity contribution in [2.24, 2.45) is 9.98 Å². The van der Waals surface area contributed by atoms with Crippen LogP contribution >= 0.6 is 34.0 Å². The lowest BCUT2D eigenvalue weighted by atomic mass is 9.81. The molecular formula is C53H24F4N2O8S3. The lowest BCUT2D eigenvalue weighted by Crippen LogP contribution is -2.47. The fourth-order valence-corrected chi connectivity index (χ4v) is 13.2. The zero-order chi connectivity index (χ0) is 48.3. The molecule has 1 aliphatic carbocycles. The molecule has 8 aromatic carbocycles. The van der Waals surface area contributed by atoms with Crippen molar-refractivity contribution in [3.05, 3.63) is 217 Å². The molecule has 0 bridgehead atoms. The number of carbonyl (C=O) groups is 2. The topological polar surface area (TPSA) is 146 Å². The van der Waals surface area contributed by atoms with Gasteiger partial charge in [0.1, 0.15) is 18.2 Å². The van der Waals surface area contributed by atoms with E-state index in [0.29, 0.717) is 34.8 Å². The zero-order valence-corrected chi connectivity index (χ0v) is 37.8. The Hall–Kier alpha value is -8.12. The summed E-state index contributed by atoms with van der Waals surface area (Å²) >= 11 is 3.47. The van der Waals surface area contributed by atoms with Crippen LogP contribution in [-0.4, -0.2) is 11.9 Å². The Morgan fingerprint density at radius 2 is 0.929 bits per heavy atom. The van der Waals surface area contributed by atoms with Crippen molar-refractivity contribution in [2.45, 2.75) is 18.6 Å². The number of nitrogens with zero attached hydrogens (tertiary/aromatic N) is 2. The highest BCUT2D eigenvalue weighted by atomic mass is 32.1. The fourth-order valence-electron chi connectivity index (χ4n) is 9.02. The largest absolute Gasteiger partial charge is 0.459 e. The number of benzene rings is 6. The molecule has 70 heavy (non-hydrogen) atoms. The van der Waals surface area contributed by atoms with E-state index < -0.39 is 67.7 Å². The number of carbonyl (C=O) groups excluding carboxylic acids is 2. The van der Waals surface area contributed by atoms with E-state index in [-0.39, 0.29) is 77.9 Å². The van der Waals surface area contributed by atoms with Gasteiger partial charge in [-0.15, -0.1) is 34.0 Å². The van der Waals surface area contributed by atoms with Crippen LogP contribution in [0.1, 0.15) is 21.6 Å². The van der Waals surface area contributed by atoms with Gasteiger partial charge in [0.2, 0.25) is 27.1 Å². The van der Waals surface area contributed by atoms with Crippen molar-refractivity contribution in [3.63, 3.8) is 0 Å². The summed E-state index contributed by atoms with van der Waals surface area (Å²) in [7, 11) is 0. The molecule has 12 rings (SSSR count). The Balaban J connectivity index is 1.05. The Kier molecular flexibility index (Phi) is 9.86. The minimum Gasteiger partial charge on any atom is -0.459 e. The van der Waals surface area contributed by atoms with Crippen LogP contribution in [0, 0.1) is 23.3 Å². The number of rotatable bonds is 8. The first-order valence-corrected chi connectivity index (χ1v) is 23.6. The van der Waals surface area contributed by atoms with Gasteiger partial charge >= 0.3 is 11.9 Å². The van der Waals surface area contributed by atoms with Gasteiger partial charge in [0.25, 0.3) is 0 Å². The van der Waals surface area contributed by atoms with E-state index in [2.05, 4.69) is 9.98 Å². The molecule has 0 aliphatic heterocycles. The summed E-state index contributed by atoms with van der Waals surface area (Å²) < 4.78 is 71.0. The van der Waals surface area contributed by atoms with E-state index in [4.69, 9.17) is 9.47 Å². The number of fused-ring (bicyclic) bond motifs is 9. The van der Waals surface area contributed by atoms with E-state index in [1.54, 1.807) is 66.7 Å². The minimum absolute atomic E-state index is 0.00241. The van der Waals surface area contributed by atoms with Gasteiger partial charge in [-0.2, -0.15) is 0 Å². The van der Waals surface area contributed by atoms with Gasteiger partial charge in [-0.1, -0.05) is 60.7 Å². The molecular weight excluding hydrogens is 965 g/mol. The molecule has 0 unspecified atom stereocenters. The first kappa shape index (κ1) is 43.2. The second kappa shape index (κ2) is 16.0. The van der Waals surface area contributed by atoms with E-state index in [1.807, 2.05) is 0 Å². The number of hydrogen-bond acceptors (Lipinski definition) is 13. The zero-order valence-electron chi connectivity index (χ0n) is 35.4. The predicted molar refractivity (Wildman–Crippen MR) is 261 cm³/mol. The average Bonchev–Trinajstić information content (AvgIpc) is 4.17. The van der Waals surface area contributed by atoms with Gasteiger partial charge in [-0.05, 0) is 93.3 Å². The molecule has 0 amide bonds. The standard InChI is InChI=1S/C53H24F4N2O8S3/c54-33-15-25-11-29-30(12-26(25)16-34(33)55)45(61)42(44(29)60)58-39-19-37-41(53(39,51(64)66-21-23-7-3-1-4-8-23)52(65)67-22-24-9-5-2-6-10-24)49-50(68-37)48-38(69-49)20-40(70-48)59-43-46(62)31-13-27-17-35(56)36(57)18-28(27)14-32(31)47(43)63/h1-20H,21-22H2. The first-order chi connectivity index (χ1) is 33.8. The molecule has 10 nitrogen and oxygen atoms in total. The molecule has 0 fully saturated rings. The van der Waals surface area contributed by atoms with Gasteiger partial charge in [-0.25, -0.2) is 27.5 Å².